The fraction of sp³-hybridized carbons (Fsp3) is 0.556. The van der Waals surface area contributed by atoms with Crippen LogP contribution in [0.1, 0.15) is 25.1 Å². The van der Waals surface area contributed by atoms with Crippen molar-refractivity contribution in [3.63, 3.8) is 0 Å². The summed E-state index contributed by atoms with van der Waals surface area (Å²) in [6.45, 7) is 3.76. The molecule has 0 bridgehead atoms. The highest BCUT2D eigenvalue weighted by molar-refractivity contribution is 7.15. The molecule has 0 aliphatic heterocycles. The summed E-state index contributed by atoms with van der Waals surface area (Å²) in [7, 11) is 0. The number of carbonyl (C=O) groups is 1. The van der Waals surface area contributed by atoms with Gasteiger partial charge in [-0.2, -0.15) is 0 Å². The molecule has 0 aliphatic rings. The molecule has 0 fully saturated rings. The van der Waals surface area contributed by atoms with Crippen molar-refractivity contribution in [1.82, 2.24) is 4.98 Å². The van der Waals surface area contributed by atoms with E-state index in [1.54, 1.807) is 13.1 Å². The Labute approximate surface area is 99.7 Å². The maximum Gasteiger partial charge on any atom is 0.242 e. The number of amides is 1. The number of aromatic nitrogens is 1. The Balaban J connectivity index is 0.00000196. The van der Waals surface area contributed by atoms with Crippen LogP contribution in [-0.4, -0.2) is 16.9 Å². The molecule has 4 nitrogen and oxygen atoms in total. The first-order valence-electron chi connectivity index (χ1n) is 4.64. The van der Waals surface area contributed by atoms with E-state index >= 15 is 0 Å². The zero-order chi connectivity index (χ0) is 10.6. The van der Waals surface area contributed by atoms with Crippen LogP contribution in [0, 0.1) is 0 Å². The van der Waals surface area contributed by atoms with E-state index in [0.29, 0.717) is 5.13 Å². The Hall–Kier alpha value is -0.650. The molecule has 1 atom stereocenters. The first-order valence-corrected chi connectivity index (χ1v) is 5.46. The van der Waals surface area contributed by atoms with Gasteiger partial charge < -0.3 is 11.1 Å². The standard InChI is InChI=1S/C9H15N3OS.ClH/c1-3-4-7-5-11-9(14-7)12-8(13)6(2)10;/h5-6H,3-4,10H2,1-2H3,(H,11,12,13);1H. The number of carbonyl (C=O) groups excluding carboxylic acids is 1. The van der Waals surface area contributed by atoms with Crippen molar-refractivity contribution in [2.24, 2.45) is 5.73 Å². The number of rotatable bonds is 4. The van der Waals surface area contributed by atoms with E-state index in [9.17, 15) is 4.79 Å². The molecule has 0 spiro atoms. The van der Waals surface area contributed by atoms with Gasteiger partial charge in [0.05, 0.1) is 6.04 Å². The number of aryl methyl sites for hydroxylation is 1. The maximum absolute atomic E-state index is 11.2. The summed E-state index contributed by atoms with van der Waals surface area (Å²) in [5, 5.41) is 3.30. The van der Waals surface area contributed by atoms with Crippen molar-refractivity contribution < 1.29 is 4.79 Å². The second kappa shape index (κ2) is 6.76. The van der Waals surface area contributed by atoms with Crippen molar-refractivity contribution in [3.8, 4) is 0 Å². The normalized spacial score (nSPS) is 11.7. The predicted octanol–water partition coefficient (Wildman–Crippen LogP) is 1.80. The molecule has 1 unspecified atom stereocenters. The molecular weight excluding hydrogens is 234 g/mol. The number of halogens is 1. The van der Waals surface area contributed by atoms with Gasteiger partial charge in [-0.25, -0.2) is 4.98 Å². The Morgan fingerprint density at radius 3 is 2.93 bits per heavy atom. The Kier molecular flexibility index (Phi) is 6.47. The molecule has 6 heteroatoms. The topological polar surface area (TPSA) is 68.0 Å². The third kappa shape index (κ3) is 4.59. The van der Waals surface area contributed by atoms with Crippen molar-refractivity contribution in [3.05, 3.63) is 11.1 Å². The molecule has 0 aromatic carbocycles. The highest BCUT2D eigenvalue weighted by Crippen LogP contribution is 2.19. The number of hydrogen-bond donors (Lipinski definition) is 2. The molecule has 1 amide bonds. The number of nitrogens with one attached hydrogen (secondary N) is 1. The quantitative estimate of drug-likeness (QED) is 0.855. The fourth-order valence-corrected chi connectivity index (χ4v) is 1.86. The minimum atomic E-state index is -0.492. The lowest BCUT2D eigenvalue weighted by molar-refractivity contribution is -0.117. The van der Waals surface area contributed by atoms with Gasteiger partial charge in [-0.15, -0.1) is 23.7 Å². The van der Waals surface area contributed by atoms with Crippen molar-refractivity contribution in [2.45, 2.75) is 32.7 Å². The lowest BCUT2D eigenvalue weighted by Gasteiger charge is -2.03. The van der Waals surface area contributed by atoms with Gasteiger partial charge in [0.2, 0.25) is 5.91 Å². The monoisotopic (exact) mass is 249 g/mol. The molecular formula is C9H16ClN3OS. The number of hydrogen-bond acceptors (Lipinski definition) is 4. The van der Waals surface area contributed by atoms with Gasteiger partial charge in [0.15, 0.2) is 5.13 Å². The summed E-state index contributed by atoms with van der Waals surface area (Å²) < 4.78 is 0. The molecule has 0 saturated carbocycles. The maximum atomic E-state index is 11.2. The summed E-state index contributed by atoms with van der Waals surface area (Å²) in [4.78, 5) is 16.5. The molecule has 0 saturated heterocycles. The smallest absolute Gasteiger partial charge is 0.242 e. The molecule has 1 aromatic rings. The van der Waals surface area contributed by atoms with E-state index in [-0.39, 0.29) is 18.3 Å². The van der Waals surface area contributed by atoms with Gasteiger partial charge in [-0.1, -0.05) is 13.3 Å². The average molecular weight is 250 g/mol. The summed E-state index contributed by atoms with van der Waals surface area (Å²) in [6.07, 6.45) is 3.89. The van der Waals surface area contributed by atoms with Crippen LogP contribution in [-0.2, 0) is 11.2 Å². The van der Waals surface area contributed by atoms with E-state index in [4.69, 9.17) is 5.73 Å². The molecule has 1 heterocycles. The Morgan fingerprint density at radius 2 is 2.40 bits per heavy atom. The lowest BCUT2D eigenvalue weighted by Crippen LogP contribution is -2.32. The van der Waals surface area contributed by atoms with Crippen molar-refractivity contribution >= 4 is 34.8 Å². The first-order chi connectivity index (χ1) is 6.63. The van der Waals surface area contributed by atoms with Gasteiger partial charge in [-0.3, -0.25) is 4.79 Å². The summed E-state index contributed by atoms with van der Waals surface area (Å²) in [5.41, 5.74) is 5.41. The van der Waals surface area contributed by atoms with Crippen LogP contribution in [0.15, 0.2) is 6.20 Å². The second-order valence-corrected chi connectivity index (χ2v) is 4.27. The number of nitrogens with zero attached hydrogens (tertiary/aromatic N) is 1. The summed E-state index contributed by atoms with van der Waals surface area (Å²) >= 11 is 1.50. The largest absolute Gasteiger partial charge is 0.320 e. The van der Waals surface area contributed by atoms with Crippen LogP contribution in [0.3, 0.4) is 0 Å². The molecule has 1 aromatic heterocycles. The van der Waals surface area contributed by atoms with Gasteiger partial charge in [0.1, 0.15) is 0 Å². The molecule has 0 radical (unpaired) electrons. The van der Waals surface area contributed by atoms with Gasteiger partial charge in [-0.05, 0) is 13.3 Å². The highest BCUT2D eigenvalue weighted by Gasteiger charge is 2.09. The third-order valence-corrected chi connectivity index (χ3v) is 2.67. The molecule has 15 heavy (non-hydrogen) atoms. The van der Waals surface area contributed by atoms with Crippen LogP contribution in [0.25, 0.3) is 0 Å². The van der Waals surface area contributed by atoms with Crippen LogP contribution in [0.4, 0.5) is 5.13 Å². The van der Waals surface area contributed by atoms with E-state index in [0.717, 1.165) is 12.8 Å². The molecule has 0 aliphatic carbocycles. The molecule has 3 N–H and O–H groups in total. The van der Waals surface area contributed by atoms with Crippen LogP contribution < -0.4 is 11.1 Å². The first kappa shape index (κ1) is 14.3. The zero-order valence-electron chi connectivity index (χ0n) is 8.82. The zero-order valence-corrected chi connectivity index (χ0v) is 10.5. The van der Waals surface area contributed by atoms with Crippen molar-refractivity contribution in [1.29, 1.82) is 0 Å². The Morgan fingerprint density at radius 1 is 1.73 bits per heavy atom. The lowest BCUT2D eigenvalue weighted by atomic mass is 10.3. The van der Waals surface area contributed by atoms with Crippen LogP contribution >= 0.6 is 23.7 Å². The summed E-state index contributed by atoms with van der Waals surface area (Å²) in [5.74, 6) is -0.192. The van der Waals surface area contributed by atoms with Gasteiger partial charge >= 0.3 is 0 Å². The predicted molar refractivity (Wildman–Crippen MR) is 65.6 cm³/mol. The number of thiazole rings is 1. The molecule has 1 rings (SSSR count). The SMILES string of the molecule is CCCc1cnc(NC(=O)C(C)N)s1.Cl. The van der Waals surface area contributed by atoms with Gasteiger partial charge in [0, 0.05) is 11.1 Å². The number of anilines is 1. The van der Waals surface area contributed by atoms with E-state index < -0.39 is 6.04 Å². The highest BCUT2D eigenvalue weighted by atomic mass is 35.5. The van der Waals surface area contributed by atoms with Crippen LogP contribution in [0.5, 0.6) is 0 Å². The fourth-order valence-electron chi connectivity index (χ4n) is 0.947. The minimum Gasteiger partial charge on any atom is -0.320 e. The van der Waals surface area contributed by atoms with E-state index in [1.807, 2.05) is 0 Å². The number of nitrogens with two attached hydrogens (primary N) is 1. The molecule has 86 valence electrons. The summed E-state index contributed by atoms with van der Waals surface area (Å²) in [6, 6.07) is -0.492. The Bertz CT molecular complexity index is 314. The minimum absolute atomic E-state index is 0. The van der Waals surface area contributed by atoms with E-state index in [2.05, 4.69) is 17.2 Å². The van der Waals surface area contributed by atoms with Crippen molar-refractivity contribution in [2.75, 3.05) is 5.32 Å². The second-order valence-electron chi connectivity index (χ2n) is 3.16. The van der Waals surface area contributed by atoms with Gasteiger partial charge in [0.25, 0.3) is 0 Å². The van der Waals surface area contributed by atoms with Crippen LogP contribution in [0.2, 0.25) is 0 Å². The van der Waals surface area contributed by atoms with E-state index in [1.165, 1.54) is 16.2 Å². The average Bonchev–Trinajstić information content (AvgIpc) is 2.53. The third-order valence-electron chi connectivity index (χ3n) is 1.69.